The van der Waals surface area contributed by atoms with Crippen LogP contribution in [0.5, 0.6) is 0 Å². The maximum absolute atomic E-state index is 10.5. The SMILES string of the molecule is O=C(O)CCCn1nnnc1-c1cc(I)ccc1Br. The lowest BCUT2D eigenvalue weighted by molar-refractivity contribution is -0.137. The van der Waals surface area contributed by atoms with E-state index in [1.54, 1.807) is 4.68 Å². The molecule has 0 fully saturated rings. The molecule has 0 aliphatic rings. The van der Waals surface area contributed by atoms with Gasteiger partial charge in [-0.25, -0.2) is 4.68 Å². The third-order valence-electron chi connectivity index (χ3n) is 2.46. The van der Waals surface area contributed by atoms with Crippen LogP contribution < -0.4 is 0 Å². The van der Waals surface area contributed by atoms with E-state index in [1.807, 2.05) is 18.2 Å². The van der Waals surface area contributed by atoms with Crippen LogP contribution in [0.3, 0.4) is 0 Å². The second-order valence-corrected chi connectivity index (χ2v) is 5.95. The maximum Gasteiger partial charge on any atom is 0.303 e. The number of rotatable bonds is 5. The molecule has 6 nitrogen and oxygen atoms in total. The molecule has 1 aromatic carbocycles. The van der Waals surface area contributed by atoms with E-state index in [-0.39, 0.29) is 6.42 Å². The molecule has 2 aromatic rings. The summed E-state index contributed by atoms with van der Waals surface area (Å²) in [5.41, 5.74) is 0.896. The Morgan fingerprint density at radius 2 is 2.26 bits per heavy atom. The summed E-state index contributed by atoms with van der Waals surface area (Å²) < 4.78 is 3.61. The standard InChI is InChI=1S/C11H10BrIN4O2/c12-9-4-3-7(13)6-8(9)11-14-15-16-17(11)5-1-2-10(18)19/h3-4,6H,1-2,5H2,(H,18,19). The van der Waals surface area contributed by atoms with Crippen LogP contribution in [0.15, 0.2) is 22.7 Å². The van der Waals surface area contributed by atoms with Gasteiger partial charge in [-0.2, -0.15) is 0 Å². The fourth-order valence-electron chi connectivity index (χ4n) is 1.60. The third-order valence-corrected chi connectivity index (χ3v) is 3.82. The number of halogens is 2. The lowest BCUT2D eigenvalue weighted by atomic mass is 10.2. The minimum atomic E-state index is -0.815. The van der Waals surface area contributed by atoms with Crippen LogP contribution in [0.1, 0.15) is 12.8 Å². The largest absolute Gasteiger partial charge is 0.481 e. The zero-order valence-corrected chi connectivity index (χ0v) is 13.5. The van der Waals surface area contributed by atoms with E-state index in [1.165, 1.54) is 0 Å². The minimum Gasteiger partial charge on any atom is -0.481 e. The Balaban J connectivity index is 2.23. The Morgan fingerprint density at radius 1 is 1.47 bits per heavy atom. The fourth-order valence-corrected chi connectivity index (χ4v) is 2.51. The Morgan fingerprint density at radius 3 is 3.00 bits per heavy atom. The summed E-state index contributed by atoms with van der Waals surface area (Å²) in [4.78, 5) is 10.5. The summed E-state index contributed by atoms with van der Waals surface area (Å²) in [5, 5.41) is 20.2. The molecule has 1 N–H and O–H groups in total. The van der Waals surface area contributed by atoms with Crippen LogP contribution in [-0.2, 0) is 11.3 Å². The van der Waals surface area contributed by atoms with Crippen LogP contribution in [0.4, 0.5) is 0 Å². The molecule has 0 saturated carbocycles. The van der Waals surface area contributed by atoms with E-state index < -0.39 is 5.97 Å². The van der Waals surface area contributed by atoms with E-state index in [9.17, 15) is 4.79 Å². The molecule has 100 valence electrons. The highest BCUT2D eigenvalue weighted by molar-refractivity contribution is 14.1. The molecule has 0 spiro atoms. The molecule has 0 bridgehead atoms. The predicted octanol–water partition coefficient (Wildman–Crippen LogP) is 2.57. The molecule has 0 aliphatic heterocycles. The van der Waals surface area contributed by atoms with Crippen molar-refractivity contribution in [3.05, 3.63) is 26.2 Å². The molecule has 2 rings (SSSR count). The van der Waals surface area contributed by atoms with E-state index in [0.717, 1.165) is 13.6 Å². The second kappa shape index (κ2) is 6.42. The summed E-state index contributed by atoms with van der Waals surface area (Å²) in [7, 11) is 0. The van der Waals surface area contributed by atoms with Crippen molar-refractivity contribution in [2.45, 2.75) is 19.4 Å². The topological polar surface area (TPSA) is 80.9 Å². The Hall–Kier alpha value is -1.03. The molecule has 1 heterocycles. The number of aromatic nitrogens is 4. The van der Waals surface area contributed by atoms with Gasteiger partial charge in [-0.15, -0.1) is 5.10 Å². The van der Waals surface area contributed by atoms with Gasteiger partial charge in [-0.1, -0.05) is 15.9 Å². The maximum atomic E-state index is 10.5. The molecular weight excluding hydrogens is 427 g/mol. The molecule has 0 unspecified atom stereocenters. The van der Waals surface area contributed by atoms with Gasteiger partial charge in [-0.3, -0.25) is 4.79 Å². The number of nitrogens with zero attached hydrogens (tertiary/aromatic N) is 4. The first-order valence-corrected chi connectivity index (χ1v) is 7.38. The quantitative estimate of drug-likeness (QED) is 0.728. The number of carboxylic acid groups (broad SMARTS) is 1. The molecule has 8 heteroatoms. The molecule has 1 aromatic heterocycles. The van der Waals surface area contributed by atoms with Crippen molar-refractivity contribution in [1.82, 2.24) is 20.2 Å². The number of hydrogen-bond donors (Lipinski definition) is 1. The van der Waals surface area contributed by atoms with Crippen molar-refractivity contribution < 1.29 is 9.90 Å². The van der Waals surface area contributed by atoms with Crippen molar-refractivity contribution in [2.24, 2.45) is 0 Å². The van der Waals surface area contributed by atoms with Crippen molar-refractivity contribution in [2.75, 3.05) is 0 Å². The first-order chi connectivity index (χ1) is 9.08. The first-order valence-electron chi connectivity index (χ1n) is 5.51. The van der Waals surface area contributed by atoms with Crippen molar-refractivity contribution in [3.63, 3.8) is 0 Å². The van der Waals surface area contributed by atoms with Crippen LogP contribution in [0.2, 0.25) is 0 Å². The summed E-state index contributed by atoms with van der Waals surface area (Å²) in [6, 6.07) is 5.89. The van der Waals surface area contributed by atoms with E-state index in [4.69, 9.17) is 5.11 Å². The van der Waals surface area contributed by atoms with E-state index >= 15 is 0 Å². The van der Waals surface area contributed by atoms with Gasteiger partial charge >= 0.3 is 5.97 Å². The normalized spacial score (nSPS) is 10.6. The second-order valence-electron chi connectivity index (χ2n) is 3.85. The van der Waals surface area contributed by atoms with E-state index in [0.29, 0.717) is 18.8 Å². The van der Waals surface area contributed by atoms with Crippen molar-refractivity contribution in [3.8, 4) is 11.4 Å². The number of aliphatic carboxylic acids is 1. The number of carboxylic acids is 1. The summed E-state index contributed by atoms with van der Waals surface area (Å²) >= 11 is 5.69. The van der Waals surface area contributed by atoms with Crippen LogP contribution >= 0.6 is 38.5 Å². The zero-order chi connectivity index (χ0) is 13.8. The van der Waals surface area contributed by atoms with Gasteiger partial charge in [0.25, 0.3) is 0 Å². The van der Waals surface area contributed by atoms with Gasteiger partial charge in [0.1, 0.15) is 0 Å². The summed E-state index contributed by atoms with van der Waals surface area (Å²) in [5.74, 6) is -0.180. The third kappa shape index (κ3) is 3.72. The molecule has 0 atom stereocenters. The lowest BCUT2D eigenvalue weighted by Crippen LogP contribution is -2.06. The number of hydrogen-bond acceptors (Lipinski definition) is 4. The van der Waals surface area contributed by atoms with Crippen LogP contribution in [-0.4, -0.2) is 31.3 Å². The van der Waals surface area contributed by atoms with E-state index in [2.05, 4.69) is 54.0 Å². The van der Waals surface area contributed by atoms with Crippen molar-refractivity contribution in [1.29, 1.82) is 0 Å². The number of benzene rings is 1. The average Bonchev–Trinajstić information content (AvgIpc) is 2.80. The molecule has 0 amide bonds. The van der Waals surface area contributed by atoms with Gasteiger partial charge in [0.05, 0.1) is 0 Å². The monoisotopic (exact) mass is 436 g/mol. The molecule has 0 saturated heterocycles. The van der Waals surface area contributed by atoms with Gasteiger partial charge in [0.2, 0.25) is 0 Å². The molecule has 19 heavy (non-hydrogen) atoms. The minimum absolute atomic E-state index is 0.104. The highest BCUT2D eigenvalue weighted by Gasteiger charge is 2.12. The van der Waals surface area contributed by atoms with Gasteiger partial charge in [0.15, 0.2) is 5.82 Å². The number of aryl methyl sites for hydroxylation is 1. The Bertz CT molecular complexity index is 602. The molecular formula is C11H10BrIN4O2. The Kier molecular flexibility index (Phi) is 4.86. The molecule has 0 radical (unpaired) electrons. The van der Waals surface area contributed by atoms with Gasteiger partial charge in [-0.05, 0) is 57.6 Å². The zero-order valence-electron chi connectivity index (χ0n) is 9.75. The predicted molar refractivity (Wildman–Crippen MR) is 80.5 cm³/mol. The van der Waals surface area contributed by atoms with Gasteiger partial charge in [0, 0.05) is 26.6 Å². The average molecular weight is 437 g/mol. The van der Waals surface area contributed by atoms with Crippen LogP contribution in [0, 0.1) is 3.57 Å². The highest BCUT2D eigenvalue weighted by Crippen LogP contribution is 2.28. The fraction of sp³-hybridized carbons (Fsp3) is 0.273. The number of carbonyl (C=O) groups is 1. The van der Waals surface area contributed by atoms with Crippen molar-refractivity contribution >= 4 is 44.5 Å². The number of tetrazole rings is 1. The lowest BCUT2D eigenvalue weighted by Gasteiger charge is -2.06. The van der Waals surface area contributed by atoms with Crippen LogP contribution in [0.25, 0.3) is 11.4 Å². The first kappa shape index (κ1) is 14.4. The Labute approximate surface area is 131 Å². The van der Waals surface area contributed by atoms with Gasteiger partial charge < -0.3 is 5.11 Å². The smallest absolute Gasteiger partial charge is 0.303 e. The molecule has 0 aliphatic carbocycles. The highest BCUT2D eigenvalue weighted by atomic mass is 127. The summed E-state index contributed by atoms with van der Waals surface area (Å²) in [6.45, 7) is 0.479. The summed E-state index contributed by atoms with van der Waals surface area (Å²) in [6.07, 6.45) is 0.599.